The monoisotopic (exact) mass is 200 g/mol. The molecule has 0 aliphatic rings. The average molecular weight is 200 g/mol. The molecule has 3 N–H and O–H groups in total. The quantitative estimate of drug-likeness (QED) is 0.703. The van der Waals surface area contributed by atoms with E-state index in [0.29, 0.717) is 0 Å². The molecule has 3 nitrogen and oxygen atoms in total. The van der Waals surface area contributed by atoms with Gasteiger partial charge < -0.3 is 11.1 Å². The summed E-state index contributed by atoms with van der Waals surface area (Å²) >= 11 is 0. The standard InChI is InChI=1S/C11H24N2O/c1-8(14)9(12)10(2,3)7-11(4,5)13-6/h9,13H,7,12H2,1-6H3. The number of carbonyl (C=O) groups excluding carboxylic acids is 1. The number of rotatable bonds is 5. The Hall–Kier alpha value is -0.410. The van der Waals surface area contributed by atoms with Crippen LogP contribution in [0.15, 0.2) is 0 Å². The second-order valence-electron chi connectivity index (χ2n) is 5.39. The summed E-state index contributed by atoms with van der Waals surface area (Å²) in [5, 5.41) is 3.22. The van der Waals surface area contributed by atoms with Crippen LogP contribution in [-0.2, 0) is 4.79 Å². The van der Waals surface area contributed by atoms with Gasteiger partial charge in [-0.1, -0.05) is 13.8 Å². The first-order valence-electron chi connectivity index (χ1n) is 5.07. The molecule has 0 saturated carbocycles. The molecule has 0 heterocycles. The third kappa shape index (κ3) is 3.76. The average Bonchev–Trinajstić information content (AvgIpc) is 2.01. The first kappa shape index (κ1) is 13.6. The van der Waals surface area contributed by atoms with Crippen molar-refractivity contribution in [2.45, 2.75) is 52.6 Å². The van der Waals surface area contributed by atoms with Crippen LogP contribution in [-0.4, -0.2) is 24.4 Å². The molecule has 3 heteroatoms. The fourth-order valence-corrected chi connectivity index (χ4v) is 1.89. The second kappa shape index (κ2) is 4.41. The lowest BCUT2D eigenvalue weighted by atomic mass is 9.74. The van der Waals surface area contributed by atoms with Gasteiger partial charge in [0.25, 0.3) is 0 Å². The summed E-state index contributed by atoms with van der Waals surface area (Å²) in [6, 6.07) is -0.380. The maximum absolute atomic E-state index is 11.2. The molecule has 0 aromatic heterocycles. The summed E-state index contributed by atoms with van der Waals surface area (Å²) in [6.07, 6.45) is 0.872. The van der Waals surface area contributed by atoms with Crippen molar-refractivity contribution in [1.82, 2.24) is 5.32 Å². The third-order valence-electron chi connectivity index (χ3n) is 2.85. The summed E-state index contributed by atoms with van der Waals surface area (Å²) in [6.45, 7) is 9.86. The molecule has 0 fully saturated rings. The lowest BCUT2D eigenvalue weighted by molar-refractivity contribution is -0.120. The molecule has 0 bridgehead atoms. The topological polar surface area (TPSA) is 55.1 Å². The van der Waals surface area contributed by atoms with E-state index in [0.717, 1.165) is 6.42 Å². The van der Waals surface area contributed by atoms with E-state index in [4.69, 9.17) is 5.73 Å². The number of carbonyl (C=O) groups is 1. The third-order valence-corrected chi connectivity index (χ3v) is 2.85. The minimum Gasteiger partial charge on any atom is -0.321 e. The van der Waals surface area contributed by atoms with Gasteiger partial charge in [-0.05, 0) is 39.7 Å². The largest absolute Gasteiger partial charge is 0.321 e. The highest BCUT2D eigenvalue weighted by atomic mass is 16.1. The summed E-state index contributed by atoms with van der Waals surface area (Å²) in [5.41, 5.74) is 5.72. The predicted octanol–water partition coefficient (Wildman–Crippen LogP) is 1.32. The first-order chi connectivity index (χ1) is 6.12. The van der Waals surface area contributed by atoms with E-state index in [1.807, 2.05) is 20.9 Å². The number of ketones is 1. The van der Waals surface area contributed by atoms with Crippen molar-refractivity contribution in [1.29, 1.82) is 0 Å². The zero-order valence-corrected chi connectivity index (χ0v) is 10.3. The molecule has 0 rings (SSSR count). The van der Waals surface area contributed by atoms with Crippen molar-refractivity contribution in [2.75, 3.05) is 7.05 Å². The number of nitrogens with two attached hydrogens (primary N) is 1. The SMILES string of the molecule is CNC(C)(C)CC(C)(C)C(N)C(C)=O. The lowest BCUT2D eigenvalue weighted by Gasteiger charge is -2.37. The summed E-state index contributed by atoms with van der Waals surface area (Å²) in [5.74, 6) is 0.0573. The van der Waals surface area contributed by atoms with Crippen LogP contribution in [0, 0.1) is 5.41 Å². The van der Waals surface area contributed by atoms with Crippen molar-refractivity contribution >= 4 is 5.78 Å². The van der Waals surface area contributed by atoms with Crippen LogP contribution in [0.1, 0.15) is 41.0 Å². The number of hydrogen-bond acceptors (Lipinski definition) is 3. The first-order valence-corrected chi connectivity index (χ1v) is 5.07. The number of hydrogen-bond donors (Lipinski definition) is 2. The van der Waals surface area contributed by atoms with Gasteiger partial charge in [-0.25, -0.2) is 0 Å². The van der Waals surface area contributed by atoms with Crippen LogP contribution >= 0.6 is 0 Å². The van der Waals surface area contributed by atoms with Crippen molar-refractivity contribution in [3.05, 3.63) is 0 Å². The highest BCUT2D eigenvalue weighted by Gasteiger charge is 2.34. The number of Topliss-reactive ketones (excluding diaryl/α,β-unsaturated/α-hetero) is 1. The van der Waals surface area contributed by atoms with E-state index in [-0.39, 0.29) is 22.8 Å². The summed E-state index contributed by atoms with van der Waals surface area (Å²) < 4.78 is 0. The molecule has 1 unspecified atom stereocenters. The molecule has 0 aliphatic carbocycles. The van der Waals surface area contributed by atoms with Crippen LogP contribution in [0.2, 0.25) is 0 Å². The van der Waals surface area contributed by atoms with Gasteiger partial charge in [-0.2, -0.15) is 0 Å². The predicted molar refractivity (Wildman–Crippen MR) is 60.2 cm³/mol. The number of nitrogens with one attached hydrogen (secondary N) is 1. The highest BCUT2D eigenvalue weighted by molar-refractivity contribution is 5.82. The Morgan fingerprint density at radius 1 is 1.36 bits per heavy atom. The van der Waals surface area contributed by atoms with Crippen LogP contribution in [0.25, 0.3) is 0 Å². The van der Waals surface area contributed by atoms with Crippen LogP contribution in [0.5, 0.6) is 0 Å². The van der Waals surface area contributed by atoms with E-state index in [1.54, 1.807) is 6.92 Å². The van der Waals surface area contributed by atoms with Gasteiger partial charge in [-0.15, -0.1) is 0 Å². The van der Waals surface area contributed by atoms with Crippen molar-refractivity contribution in [3.63, 3.8) is 0 Å². The molecule has 14 heavy (non-hydrogen) atoms. The molecule has 0 amide bonds. The van der Waals surface area contributed by atoms with E-state index in [2.05, 4.69) is 19.2 Å². The maximum Gasteiger partial charge on any atom is 0.147 e. The van der Waals surface area contributed by atoms with E-state index < -0.39 is 0 Å². The molecule has 1 atom stereocenters. The minimum absolute atomic E-state index is 0.0105. The normalized spacial score (nSPS) is 15.4. The van der Waals surface area contributed by atoms with Gasteiger partial charge in [-0.3, -0.25) is 4.79 Å². The van der Waals surface area contributed by atoms with Crippen LogP contribution in [0.4, 0.5) is 0 Å². The summed E-state index contributed by atoms with van der Waals surface area (Å²) in [7, 11) is 1.93. The Balaban J connectivity index is 4.56. The van der Waals surface area contributed by atoms with Crippen molar-refractivity contribution in [2.24, 2.45) is 11.1 Å². The fraction of sp³-hybridized carbons (Fsp3) is 0.909. The second-order valence-corrected chi connectivity index (χ2v) is 5.39. The van der Waals surface area contributed by atoms with Gasteiger partial charge in [0.05, 0.1) is 6.04 Å². The Labute approximate surface area is 87.4 Å². The van der Waals surface area contributed by atoms with Gasteiger partial charge in [0.1, 0.15) is 5.78 Å². The zero-order valence-electron chi connectivity index (χ0n) is 10.3. The molecule has 0 saturated heterocycles. The van der Waals surface area contributed by atoms with Crippen LogP contribution < -0.4 is 11.1 Å². The van der Waals surface area contributed by atoms with Gasteiger partial charge in [0, 0.05) is 5.54 Å². The molecular weight excluding hydrogens is 176 g/mol. The molecular formula is C11H24N2O. The van der Waals surface area contributed by atoms with E-state index >= 15 is 0 Å². The smallest absolute Gasteiger partial charge is 0.147 e. The summed E-state index contributed by atoms with van der Waals surface area (Å²) in [4.78, 5) is 11.2. The molecule has 0 aromatic carbocycles. The molecule has 0 aromatic rings. The van der Waals surface area contributed by atoms with Crippen molar-refractivity contribution in [3.8, 4) is 0 Å². The van der Waals surface area contributed by atoms with E-state index in [1.165, 1.54) is 0 Å². The zero-order chi connectivity index (χ0) is 11.6. The lowest BCUT2D eigenvalue weighted by Crippen LogP contribution is -2.49. The molecule has 0 aliphatic heterocycles. The molecule has 0 radical (unpaired) electrons. The Morgan fingerprint density at radius 3 is 2.07 bits per heavy atom. The van der Waals surface area contributed by atoms with Gasteiger partial charge in [0.15, 0.2) is 0 Å². The fourth-order valence-electron chi connectivity index (χ4n) is 1.89. The maximum atomic E-state index is 11.2. The van der Waals surface area contributed by atoms with Gasteiger partial charge in [0.2, 0.25) is 0 Å². The van der Waals surface area contributed by atoms with Gasteiger partial charge >= 0.3 is 0 Å². The van der Waals surface area contributed by atoms with Crippen LogP contribution in [0.3, 0.4) is 0 Å². The van der Waals surface area contributed by atoms with Crippen molar-refractivity contribution < 1.29 is 4.79 Å². The Kier molecular flexibility index (Phi) is 4.28. The Morgan fingerprint density at radius 2 is 1.79 bits per heavy atom. The minimum atomic E-state index is -0.380. The van der Waals surface area contributed by atoms with E-state index in [9.17, 15) is 4.79 Å². The highest BCUT2D eigenvalue weighted by Crippen LogP contribution is 2.30. The molecule has 84 valence electrons. The molecule has 0 spiro atoms. The Bertz CT molecular complexity index is 209.